The summed E-state index contributed by atoms with van der Waals surface area (Å²) in [5.41, 5.74) is 2.06. The molecule has 24 heavy (non-hydrogen) atoms. The number of hydrogen-bond acceptors (Lipinski definition) is 5. The monoisotopic (exact) mass is 364 g/mol. The lowest BCUT2D eigenvalue weighted by Crippen LogP contribution is -2.40. The normalized spacial score (nSPS) is 20.6. The van der Waals surface area contributed by atoms with Crippen LogP contribution in [0.2, 0.25) is 0 Å². The Morgan fingerprint density at radius 3 is 3.00 bits per heavy atom. The van der Waals surface area contributed by atoms with Crippen LogP contribution in [0.25, 0.3) is 5.00 Å². The first-order chi connectivity index (χ1) is 11.8. The minimum Gasteiger partial charge on any atom is -0.376 e. The Balaban J connectivity index is 1.58. The van der Waals surface area contributed by atoms with Gasteiger partial charge in [-0.15, -0.1) is 11.3 Å². The molecule has 1 N–H and O–H groups in total. The maximum Gasteiger partial charge on any atom is 0.254 e. The van der Waals surface area contributed by atoms with Crippen molar-refractivity contribution in [3.05, 3.63) is 40.5 Å². The van der Waals surface area contributed by atoms with Crippen molar-refractivity contribution in [3.8, 4) is 5.00 Å². The number of rotatable bonds is 4. The van der Waals surface area contributed by atoms with Crippen molar-refractivity contribution in [2.45, 2.75) is 18.3 Å². The van der Waals surface area contributed by atoms with Gasteiger partial charge in [0.2, 0.25) is 0 Å². The van der Waals surface area contributed by atoms with Crippen LogP contribution < -0.4 is 5.32 Å². The number of hydrogen-bond donors (Lipinski definition) is 1. The Morgan fingerprint density at radius 1 is 1.33 bits per heavy atom. The fraction of sp³-hybridized carbons (Fsp3) is 0.471. The number of aromatic nitrogens is 1. The lowest BCUT2D eigenvalue weighted by atomic mass is 10.1. The second kappa shape index (κ2) is 7.31. The van der Waals surface area contributed by atoms with Crippen molar-refractivity contribution in [3.63, 3.8) is 0 Å². The van der Waals surface area contributed by atoms with Gasteiger partial charge in [-0.2, -0.15) is 11.8 Å². The highest BCUT2D eigenvalue weighted by molar-refractivity contribution is 7.98. The van der Waals surface area contributed by atoms with E-state index in [2.05, 4.69) is 5.32 Å². The topological polar surface area (TPSA) is 52.5 Å². The molecule has 0 aromatic carbocycles. The first-order valence-electron chi connectivity index (χ1n) is 8.16. The summed E-state index contributed by atoms with van der Waals surface area (Å²) in [6, 6.07) is 3.98. The average molecular weight is 364 g/mol. The molecule has 128 valence electrons. The number of ether oxygens (including phenoxy) is 2. The van der Waals surface area contributed by atoms with E-state index >= 15 is 0 Å². The minimum atomic E-state index is -0.0530. The van der Waals surface area contributed by atoms with Gasteiger partial charge in [0, 0.05) is 29.6 Å². The molecule has 1 amide bonds. The molecule has 0 radical (unpaired) electrons. The molecule has 2 aromatic rings. The summed E-state index contributed by atoms with van der Waals surface area (Å²) in [4.78, 5) is 14.2. The smallest absolute Gasteiger partial charge is 0.254 e. The van der Waals surface area contributed by atoms with Crippen molar-refractivity contribution in [2.24, 2.45) is 0 Å². The molecular formula is C17H20N2O3S2. The average Bonchev–Trinajstić information content (AvgIpc) is 3.27. The van der Waals surface area contributed by atoms with Crippen molar-refractivity contribution >= 4 is 29.0 Å². The summed E-state index contributed by atoms with van der Waals surface area (Å²) >= 11 is 3.67. The Kier molecular flexibility index (Phi) is 4.93. The van der Waals surface area contributed by atoms with Crippen LogP contribution in [-0.2, 0) is 21.6 Å². The maximum atomic E-state index is 12.9. The van der Waals surface area contributed by atoms with E-state index in [0.717, 1.165) is 28.5 Å². The molecule has 7 heteroatoms. The van der Waals surface area contributed by atoms with Crippen molar-refractivity contribution in [2.75, 3.05) is 32.1 Å². The Bertz CT molecular complexity index is 706. The lowest BCUT2D eigenvalue weighted by molar-refractivity contribution is -0.0855. The molecule has 2 aliphatic rings. The molecule has 2 aromatic heterocycles. The molecule has 2 aliphatic heterocycles. The number of thioether (sulfide) groups is 1. The number of thiophene rings is 1. The zero-order valence-electron chi connectivity index (χ0n) is 13.3. The Morgan fingerprint density at radius 2 is 2.21 bits per heavy atom. The van der Waals surface area contributed by atoms with Crippen LogP contribution in [0.1, 0.15) is 20.8 Å². The lowest BCUT2D eigenvalue weighted by Gasteiger charge is -2.23. The molecule has 0 spiro atoms. The van der Waals surface area contributed by atoms with E-state index in [9.17, 15) is 4.79 Å². The van der Waals surface area contributed by atoms with Gasteiger partial charge in [-0.3, -0.25) is 4.79 Å². The van der Waals surface area contributed by atoms with Gasteiger partial charge in [-0.25, -0.2) is 0 Å². The molecule has 1 atom stereocenters. The second-order valence-corrected chi connectivity index (χ2v) is 8.04. The largest absolute Gasteiger partial charge is 0.376 e. The number of carbonyl (C=O) groups is 1. The third-order valence-electron chi connectivity index (χ3n) is 4.24. The molecule has 4 heterocycles. The van der Waals surface area contributed by atoms with Crippen LogP contribution in [0.5, 0.6) is 0 Å². The summed E-state index contributed by atoms with van der Waals surface area (Å²) in [6.45, 7) is 2.27. The van der Waals surface area contributed by atoms with E-state index in [-0.39, 0.29) is 12.0 Å². The number of carbonyl (C=O) groups excluding carboxylic acids is 1. The zero-order valence-corrected chi connectivity index (χ0v) is 15.0. The second-order valence-electron chi connectivity index (χ2n) is 5.85. The SMILES string of the molecule is O=C(NC[C@H]1COCCO1)c1c(-n2cccc2)sc2c1CCSC2. The predicted molar refractivity (Wildman–Crippen MR) is 96.4 cm³/mol. The molecule has 0 unspecified atom stereocenters. The summed E-state index contributed by atoms with van der Waals surface area (Å²) < 4.78 is 13.1. The highest BCUT2D eigenvalue weighted by Gasteiger charge is 2.27. The van der Waals surface area contributed by atoms with Gasteiger partial charge in [-0.1, -0.05) is 0 Å². The van der Waals surface area contributed by atoms with Crippen molar-refractivity contribution < 1.29 is 14.3 Å². The number of nitrogens with one attached hydrogen (secondary N) is 1. The number of nitrogens with zero attached hydrogens (tertiary/aromatic N) is 1. The van der Waals surface area contributed by atoms with Crippen molar-refractivity contribution in [1.82, 2.24) is 9.88 Å². The van der Waals surface area contributed by atoms with Crippen LogP contribution in [0.15, 0.2) is 24.5 Å². The van der Waals surface area contributed by atoms with E-state index in [0.29, 0.717) is 26.4 Å². The van der Waals surface area contributed by atoms with Crippen LogP contribution in [-0.4, -0.2) is 48.7 Å². The van der Waals surface area contributed by atoms with Gasteiger partial charge in [-0.05, 0) is 29.9 Å². The van der Waals surface area contributed by atoms with E-state index in [1.807, 2.05) is 40.9 Å². The van der Waals surface area contributed by atoms with Crippen LogP contribution in [0.3, 0.4) is 0 Å². The first kappa shape index (κ1) is 16.2. The van der Waals surface area contributed by atoms with E-state index in [1.54, 1.807) is 11.3 Å². The molecule has 0 saturated carbocycles. The fourth-order valence-electron chi connectivity index (χ4n) is 3.05. The molecule has 1 fully saturated rings. The molecule has 5 nitrogen and oxygen atoms in total. The Hall–Kier alpha value is -1.28. The maximum absolute atomic E-state index is 12.9. The molecule has 0 aliphatic carbocycles. The van der Waals surface area contributed by atoms with E-state index < -0.39 is 0 Å². The Labute approximate surface area is 149 Å². The van der Waals surface area contributed by atoms with Gasteiger partial charge in [0.25, 0.3) is 5.91 Å². The standard InChI is InChI=1S/C17H20N2O3S2/c20-16(18-9-12-10-21-6-7-22-12)15-13-3-8-23-11-14(13)24-17(15)19-4-1-2-5-19/h1-2,4-5,12H,3,6-11H2,(H,18,20)/t12-/m0/s1. The summed E-state index contributed by atoms with van der Waals surface area (Å²) in [7, 11) is 0. The quantitative estimate of drug-likeness (QED) is 0.906. The number of amides is 1. The van der Waals surface area contributed by atoms with Gasteiger partial charge >= 0.3 is 0 Å². The van der Waals surface area contributed by atoms with E-state index in [1.165, 1.54) is 10.4 Å². The van der Waals surface area contributed by atoms with Crippen molar-refractivity contribution in [1.29, 1.82) is 0 Å². The zero-order chi connectivity index (χ0) is 16.4. The molecule has 0 bridgehead atoms. The summed E-state index contributed by atoms with van der Waals surface area (Å²) in [6.07, 6.45) is 4.91. The van der Waals surface area contributed by atoms with Gasteiger partial charge in [0.05, 0.1) is 31.5 Å². The minimum absolute atomic E-state index is 0.00252. The van der Waals surface area contributed by atoms with Gasteiger partial charge in [0.1, 0.15) is 5.00 Å². The third kappa shape index (κ3) is 3.26. The molecule has 1 saturated heterocycles. The fourth-order valence-corrected chi connectivity index (χ4v) is 5.50. The summed E-state index contributed by atoms with van der Waals surface area (Å²) in [5, 5.41) is 4.07. The van der Waals surface area contributed by atoms with Crippen LogP contribution >= 0.6 is 23.1 Å². The highest BCUT2D eigenvalue weighted by atomic mass is 32.2. The predicted octanol–water partition coefficient (Wildman–Crippen LogP) is 2.47. The van der Waals surface area contributed by atoms with Gasteiger partial charge < -0.3 is 19.4 Å². The first-order valence-corrected chi connectivity index (χ1v) is 10.1. The third-order valence-corrected chi connectivity index (χ3v) is 6.66. The van der Waals surface area contributed by atoms with Crippen LogP contribution in [0.4, 0.5) is 0 Å². The molecule has 4 rings (SSSR count). The summed E-state index contributed by atoms with van der Waals surface area (Å²) in [5.74, 6) is 2.08. The highest BCUT2D eigenvalue weighted by Crippen LogP contribution is 2.38. The molecular weight excluding hydrogens is 344 g/mol. The van der Waals surface area contributed by atoms with E-state index in [4.69, 9.17) is 9.47 Å². The van der Waals surface area contributed by atoms with Crippen LogP contribution in [0, 0.1) is 0 Å². The van der Waals surface area contributed by atoms with Gasteiger partial charge in [0.15, 0.2) is 0 Å². The number of fused-ring (bicyclic) bond motifs is 1.